The number of carbonyl (C=O) groups is 1. The number of hydrazone groups is 1. The van der Waals surface area contributed by atoms with Crippen LogP contribution in [0.2, 0.25) is 10.0 Å². The van der Waals surface area contributed by atoms with E-state index in [2.05, 4.69) is 10.5 Å². The molecular formula is C15H12Cl2N2O3. The van der Waals surface area contributed by atoms with Crippen LogP contribution in [0.3, 0.4) is 0 Å². The summed E-state index contributed by atoms with van der Waals surface area (Å²) >= 11 is 11.6. The number of rotatable bonds is 5. The molecule has 0 aliphatic heterocycles. The van der Waals surface area contributed by atoms with E-state index in [1.165, 1.54) is 18.3 Å². The first-order chi connectivity index (χ1) is 10.6. The summed E-state index contributed by atoms with van der Waals surface area (Å²) in [6, 6.07) is 11.8. The molecule has 0 fully saturated rings. The van der Waals surface area contributed by atoms with Gasteiger partial charge < -0.3 is 9.84 Å². The Kier molecular flexibility index (Phi) is 5.63. The van der Waals surface area contributed by atoms with Gasteiger partial charge in [-0.15, -0.1) is 0 Å². The second kappa shape index (κ2) is 7.68. The molecule has 2 aromatic carbocycles. The van der Waals surface area contributed by atoms with Crippen molar-refractivity contribution in [1.29, 1.82) is 0 Å². The normalized spacial score (nSPS) is 10.6. The van der Waals surface area contributed by atoms with Crippen molar-refractivity contribution < 1.29 is 14.6 Å². The van der Waals surface area contributed by atoms with Crippen LogP contribution < -0.4 is 10.2 Å². The number of ether oxygens (including phenoxy) is 1. The molecule has 0 aromatic heterocycles. The van der Waals surface area contributed by atoms with Crippen molar-refractivity contribution in [1.82, 2.24) is 5.43 Å². The van der Waals surface area contributed by atoms with Gasteiger partial charge in [-0.05, 0) is 24.3 Å². The van der Waals surface area contributed by atoms with Gasteiger partial charge in [-0.3, -0.25) is 4.79 Å². The molecule has 0 heterocycles. The van der Waals surface area contributed by atoms with Gasteiger partial charge in [-0.25, -0.2) is 5.43 Å². The summed E-state index contributed by atoms with van der Waals surface area (Å²) < 4.78 is 5.25. The predicted molar refractivity (Wildman–Crippen MR) is 85.8 cm³/mol. The molecule has 1 amide bonds. The standard InChI is InChI=1S/C15H12Cl2N2O3/c16-11-6-10(15(21)13(17)7-11)8-18-19-14(20)9-22-12-4-2-1-3-5-12/h1-8,21H,9H2,(H,19,20). The van der Waals surface area contributed by atoms with E-state index in [-0.39, 0.29) is 17.4 Å². The van der Waals surface area contributed by atoms with E-state index < -0.39 is 5.91 Å². The zero-order valence-corrected chi connectivity index (χ0v) is 12.8. The molecule has 2 rings (SSSR count). The van der Waals surface area contributed by atoms with Crippen molar-refractivity contribution in [2.24, 2.45) is 5.10 Å². The van der Waals surface area contributed by atoms with Gasteiger partial charge in [0.05, 0.1) is 11.2 Å². The molecule has 7 heteroatoms. The highest BCUT2D eigenvalue weighted by Crippen LogP contribution is 2.29. The number of hydrogen-bond acceptors (Lipinski definition) is 4. The fourth-order valence-corrected chi connectivity index (χ4v) is 2.07. The molecule has 0 radical (unpaired) electrons. The first-order valence-corrected chi connectivity index (χ1v) is 6.99. The fraction of sp³-hybridized carbons (Fsp3) is 0.0667. The molecule has 0 saturated heterocycles. The van der Waals surface area contributed by atoms with E-state index in [4.69, 9.17) is 27.9 Å². The van der Waals surface area contributed by atoms with Crippen molar-refractivity contribution in [3.63, 3.8) is 0 Å². The molecule has 22 heavy (non-hydrogen) atoms. The SMILES string of the molecule is O=C(COc1ccccc1)NN=Cc1cc(Cl)cc(Cl)c1O. The monoisotopic (exact) mass is 338 g/mol. The lowest BCUT2D eigenvalue weighted by Crippen LogP contribution is -2.24. The molecule has 0 aliphatic carbocycles. The molecular weight excluding hydrogens is 327 g/mol. The second-order valence-electron chi connectivity index (χ2n) is 4.22. The van der Waals surface area contributed by atoms with Crippen molar-refractivity contribution >= 4 is 35.3 Å². The molecule has 2 N–H and O–H groups in total. The maximum atomic E-state index is 11.6. The Balaban J connectivity index is 1.88. The average molecular weight is 339 g/mol. The largest absolute Gasteiger partial charge is 0.506 e. The molecule has 0 aliphatic rings. The van der Waals surface area contributed by atoms with Crippen LogP contribution in [0.1, 0.15) is 5.56 Å². The van der Waals surface area contributed by atoms with Gasteiger partial charge in [0.1, 0.15) is 11.5 Å². The number of hydrogen-bond donors (Lipinski definition) is 2. The van der Waals surface area contributed by atoms with Crippen LogP contribution in [0, 0.1) is 0 Å². The molecule has 0 bridgehead atoms. The van der Waals surface area contributed by atoms with Crippen LogP contribution in [-0.4, -0.2) is 23.8 Å². The van der Waals surface area contributed by atoms with E-state index in [9.17, 15) is 9.90 Å². The van der Waals surface area contributed by atoms with Crippen molar-refractivity contribution in [2.45, 2.75) is 0 Å². The summed E-state index contributed by atoms with van der Waals surface area (Å²) in [5, 5.41) is 13.9. The molecule has 2 aromatic rings. The lowest BCUT2D eigenvalue weighted by molar-refractivity contribution is -0.123. The average Bonchev–Trinajstić information content (AvgIpc) is 2.51. The lowest BCUT2D eigenvalue weighted by atomic mass is 10.2. The van der Waals surface area contributed by atoms with Crippen LogP contribution >= 0.6 is 23.2 Å². The Morgan fingerprint density at radius 1 is 1.27 bits per heavy atom. The molecule has 0 unspecified atom stereocenters. The van der Waals surface area contributed by atoms with Gasteiger partial charge in [0.25, 0.3) is 5.91 Å². The van der Waals surface area contributed by atoms with Gasteiger partial charge in [-0.2, -0.15) is 5.10 Å². The Morgan fingerprint density at radius 3 is 2.73 bits per heavy atom. The third-order valence-corrected chi connectivity index (χ3v) is 3.07. The van der Waals surface area contributed by atoms with Gasteiger partial charge >= 0.3 is 0 Å². The summed E-state index contributed by atoms with van der Waals surface area (Å²) in [5.74, 6) is -0.0155. The molecule has 0 spiro atoms. The van der Waals surface area contributed by atoms with Crippen LogP contribution in [-0.2, 0) is 4.79 Å². The van der Waals surface area contributed by atoms with Crippen LogP contribution in [0.4, 0.5) is 0 Å². The number of phenols is 1. The third-order valence-electron chi connectivity index (χ3n) is 2.56. The molecule has 0 atom stereocenters. The maximum absolute atomic E-state index is 11.6. The highest BCUT2D eigenvalue weighted by molar-refractivity contribution is 6.36. The number of carbonyl (C=O) groups excluding carboxylic acids is 1. The zero-order valence-electron chi connectivity index (χ0n) is 11.3. The van der Waals surface area contributed by atoms with E-state index in [1.54, 1.807) is 24.3 Å². The van der Waals surface area contributed by atoms with E-state index in [1.807, 2.05) is 6.07 Å². The van der Waals surface area contributed by atoms with Crippen LogP contribution in [0.5, 0.6) is 11.5 Å². The first-order valence-electron chi connectivity index (χ1n) is 6.24. The van der Waals surface area contributed by atoms with Crippen LogP contribution in [0.25, 0.3) is 0 Å². The van der Waals surface area contributed by atoms with Gasteiger partial charge in [0.15, 0.2) is 6.61 Å². The zero-order chi connectivity index (χ0) is 15.9. The number of halogens is 2. The predicted octanol–water partition coefficient (Wildman–Crippen LogP) is 3.23. The molecule has 114 valence electrons. The maximum Gasteiger partial charge on any atom is 0.277 e. The van der Waals surface area contributed by atoms with E-state index >= 15 is 0 Å². The molecule has 0 saturated carbocycles. The Bertz CT molecular complexity index is 691. The lowest BCUT2D eigenvalue weighted by Gasteiger charge is -2.05. The number of benzene rings is 2. The minimum absolute atomic E-state index is 0.104. The Morgan fingerprint density at radius 2 is 2.00 bits per heavy atom. The Labute approximate surface area is 137 Å². The third kappa shape index (κ3) is 4.65. The minimum Gasteiger partial charge on any atom is -0.506 e. The number of amides is 1. The van der Waals surface area contributed by atoms with Gasteiger partial charge in [0, 0.05) is 10.6 Å². The number of nitrogens with zero attached hydrogens (tertiary/aromatic N) is 1. The van der Waals surface area contributed by atoms with Gasteiger partial charge in [0.2, 0.25) is 0 Å². The number of nitrogens with one attached hydrogen (secondary N) is 1. The fourth-order valence-electron chi connectivity index (χ4n) is 1.56. The summed E-state index contributed by atoms with van der Waals surface area (Å²) in [7, 11) is 0. The highest BCUT2D eigenvalue weighted by Gasteiger charge is 2.06. The van der Waals surface area contributed by atoms with Crippen molar-refractivity contribution in [2.75, 3.05) is 6.61 Å². The smallest absolute Gasteiger partial charge is 0.277 e. The van der Waals surface area contributed by atoms with Gasteiger partial charge in [-0.1, -0.05) is 41.4 Å². The number of para-hydroxylation sites is 1. The molecule has 5 nitrogen and oxygen atoms in total. The summed E-state index contributed by atoms with van der Waals surface area (Å²) in [6.07, 6.45) is 1.24. The summed E-state index contributed by atoms with van der Waals surface area (Å²) in [4.78, 5) is 11.6. The van der Waals surface area contributed by atoms with E-state index in [0.29, 0.717) is 16.3 Å². The highest BCUT2D eigenvalue weighted by atomic mass is 35.5. The summed E-state index contributed by atoms with van der Waals surface area (Å²) in [5.41, 5.74) is 2.57. The van der Waals surface area contributed by atoms with E-state index in [0.717, 1.165) is 0 Å². The van der Waals surface area contributed by atoms with Crippen molar-refractivity contribution in [3.8, 4) is 11.5 Å². The number of phenolic OH excluding ortho intramolecular Hbond substituents is 1. The van der Waals surface area contributed by atoms with Crippen LogP contribution in [0.15, 0.2) is 47.6 Å². The Hall–Kier alpha value is -2.24. The quantitative estimate of drug-likeness (QED) is 0.649. The topological polar surface area (TPSA) is 70.9 Å². The number of aromatic hydroxyl groups is 1. The minimum atomic E-state index is -0.437. The first kappa shape index (κ1) is 16.1. The van der Waals surface area contributed by atoms with Crippen molar-refractivity contribution in [3.05, 3.63) is 58.1 Å². The summed E-state index contributed by atoms with van der Waals surface area (Å²) in [6.45, 7) is -0.177. The second-order valence-corrected chi connectivity index (χ2v) is 5.06.